The Morgan fingerprint density at radius 2 is 1.93 bits per heavy atom. The summed E-state index contributed by atoms with van der Waals surface area (Å²) >= 11 is 5.91. The average Bonchev–Trinajstić information content (AvgIpc) is 3.09. The highest BCUT2D eigenvalue weighted by atomic mass is 35.5. The van der Waals surface area contributed by atoms with Crippen molar-refractivity contribution in [3.8, 4) is 0 Å². The number of halogens is 1. The van der Waals surface area contributed by atoms with Crippen LogP contribution in [0.5, 0.6) is 0 Å². The van der Waals surface area contributed by atoms with E-state index < -0.39 is 5.92 Å². The molecular formula is C23H22ClN3O3. The third-order valence-corrected chi connectivity index (χ3v) is 5.79. The van der Waals surface area contributed by atoms with Gasteiger partial charge in [0, 0.05) is 41.4 Å². The summed E-state index contributed by atoms with van der Waals surface area (Å²) in [6.45, 7) is 4.38. The largest absolute Gasteiger partial charge is 0.325 e. The zero-order chi connectivity index (χ0) is 21.4. The number of amides is 3. The van der Waals surface area contributed by atoms with Crippen molar-refractivity contribution in [2.24, 2.45) is 22.7 Å². The summed E-state index contributed by atoms with van der Waals surface area (Å²) in [5.41, 5.74) is 2.96. The Bertz CT molecular complexity index is 1030. The Labute approximate surface area is 180 Å². The van der Waals surface area contributed by atoms with E-state index in [-0.39, 0.29) is 42.5 Å². The van der Waals surface area contributed by atoms with Gasteiger partial charge in [0.05, 0.1) is 11.6 Å². The Kier molecular flexibility index (Phi) is 5.43. The molecule has 0 radical (unpaired) electrons. The van der Waals surface area contributed by atoms with Gasteiger partial charge in [-0.3, -0.25) is 14.4 Å². The third-order valence-electron chi connectivity index (χ3n) is 5.54. The fourth-order valence-electron chi connectivity index (χ4n) is 3.98. The average molecular weight is 424 g/mol. The van der Waals surface area contributed by atoms with Crippen molar-refractivity contribution in [2.45, 2.75) is 20.3 Å². The molecule has 1 fully saturated rings. The van der Waals surface area contributed by atoms with Gasteiger partial charge >= 0.3 is 0 Å². The van der Waals surface area contributed by atoms with Crippen LogP contribution in [0.2, 0.25) is 5.02 Å². The normalized spacial score (nSPS) is 24.7. The summed E-state index contributed by atoms with van der Waals surface area (Å²) in [5.74, 6) is -0.890. The molecule has 7 heteroatoms. The molecule has 1 aliphatic carbocycles. The summed E-state index contributed by atoms with van der Waals surface area (Å²) in [4.78, 5) is 42.9. The smallest absolute Gasteiger partial charge is 0.251 e. The van der Waals surface area contributed by atoms with Crippen molar-refractivity contribution >= 4 is 40.7 Å². The molecule has 30 heavy (non-hydrogen) atoms. The molecule has 1 N–H and O–H groups in total. The van der Waals surface area contributed by atoms with Crippen LogP contribution in [0.25, 0.3) is 0 Å². The number of nitrogens with one attached hydrogen (secondary N) is 1. The highest BCUT2D eigenvalue weighted by Crippen LogP contribution is 2.32. The van der Waals surface area contributed by atoms with Gasteiger partial charge in [-0.15, -0.1) is 0 Å². The van der Waals surface area contributed by atoms with Crippen LogP contribution in [0.15, 0.2) is 64.8 Å². The van der Waals surface area contributed by atoms with E-state index in [0.29, 0.717) is 16.4 Å². The fraction of sp³-hybridized carbons (Fsp3) is 0.304. The van der Waals surface area contributed by atoms with E-state index in [1.165, 1.54) is 0 Å². The maximum atomic E-state index is 12.7. The van der Waals surface area contributed by atoms with Gasteiger partial charge in [-0.2, -0.15) is 0 Å². The Hall–Kier alpha value is -2.99. The van der Waals surface area contributed by atoms with Gasteiger partial charge in [0.1, 0.15) is 0 Å². The molecule has 4 rings (SSSR count). The van der Waals surface area contributed by atoms with Gasteiger partial charge in [-0.25, -0.2) is 4.99 Å². The second-order valence-electron chi connectivity index (χ2n) is 7.98. The molecule has 1 saturated heterocycles. The first-order valence-corrected chi connectivity index (χ1v) is 10.3. The molecule has 1 aromatic carbocycles. The lowest BCUT2D eigenvalue weighted by molar-refractivity contribution is -0.123. The molecule has 0 aromatic heterocycles. The first kappa shape index (κ1) is 20.3. The molecule has 0 bridgehead atoms. The maximum Gasteiger partial charge on any atom is 0.251 e. The van der Waals surface area contributed by atoms with E-state index in [1.807, 2.05) is 19.9 Å². The minimum Gasteiger partial charge on any atom is -0.325 e. The molecule has 2 aliphatic heterocycles. The van der Waals surface area contributed by atoms with Crippen LogP contribution >= 0.6 is 11.6 Å². The topological polar surface area (TPSA) is 78.8 Å². The third kappa shape index (κ3) is 4.00. The lowest BCUT2D eigenvalue weighted by Crippen LogP contribution is -2.34. The first-order valence-electron chi connectivity index (χ1n) is 9.92. The minimum atomic E-state index is -0.503. The summed E-state index contributed by atoms with van der Waals surface area (Å²) < 4.78 is 0. The highest BCUT2D eigenvalue weighted by molar-refractivity contribution is 6.30. The molecule has 154 valence electrons. The molecule has 2 atom stereocenters. The van der Waals surface area contributed by atoms with E-state index in [1.54, 1.807) is 47.4 Å². The lowest BCUT2D eigenvalue weighted by atomic mass is 9.82. The molecule has 1 aromatic rings. The molecule has 2 heterocycles. The SMILES string of the molecule is CC(C)C1=CC(=O)NC2=CC(=NC(=O)C3CC(=O)N(c4ccc(Cl)cc4)C3)C=CC21. The van der Waals surface area contributed by atoms with Crippen molar-refractivity contribution in [3.05, 3.63) is 64.9 Å². The number of hydrogen-bond donors (Lipinski definition) is 1. The number of carbonyl (C=O) groups excluding carboxylic acids is 3. The number of rotatable bonds is 3. The quantitative estimate of drug-likeness (QED) is 0.808. The van der Waals surface area contributed by atoms with E-state index >= 15 is 0 Å². The minimum absolute atomic E-state index is 0.00907. The number of benzene rings is 1. The maximum absolute atomic E-state index is 12.7. The number of allylic oxidation sites excluding steroid dienone is 3. The predicted molar refractivity (Wildman–Crippen MR) is 116 cm³/mol. The molecule has 3 amide bonds. The van der Waals surface area contributed by atoms with Crippen molar-refractivity contribution < 1.29 is 14.4 Å². The van der Waals surface area contributed by atoms with Gasteiger partial charge in [-0.1, -0.05) is 31.5 Å². The van der Waals surface area contributed by atoms with Crippen LogP contribution in [0.3, 0.4) is 0 Å². The van der Waals surface area contributed by atoms with E-state index in [0.717, 1.165) is 11.3 Å². The number of fused-ring (bicyclic) bond motifs is 1. The van der Waals surface area contributed by atoms with E-state index in [2.05, 4.69) is 10.3 Å². The number of nitrogens with zero attached hydrogens (tertiary/aromatic N) is 2. The molecule has 3 aliphatic rings. The zero-order valence-electron chi connectivity index (χ0n) is 16.8. The fourth-order valence-corrected chi connectivity index (χ4v) is 4.10. The molecular weight excluding hydrogens is 402 g/mol. The second kappa shape index (κ2) is 8.03. The zero-order valence-corrected chi connectivity index (χ0v) is 17.5. The van der Waals surface area contributed by atoms with Gasteiger partial charge in [0.2, 0.25) is 11.8 Å². The van der Waals surface area contributed by atoms with Crippen LogP contribution < -0.4 is 10.2 Å². The summed E-state index contributed by atoms with van der Waals surface area (Å²) in [6.07, 6.45) is 7.25. The van der Waals surface area contributed by atoms with Crippen molar-refractivity contribution in [1.82, 2.24) is 5.32 Å². The number of carbonyl (C=O) groups is 3. The van der Waals surface area contributed by atoms with Gasteiger partial charge in [0.25, 0.3) is 5.91 Å². The van der Waals surface area contributed by atoms with Crippen molar-refractivity contribution in [2.75, 3.05) is 11.4 Å². The van der Waals surface area contributed by atoms with Gasteiger partial charge < -0.3 is 10.2 Å². The van der Waals surface area contributed by atoms with Crippen LogP contribution in [0, 0.1) is 17.8 Å². The molecule has 2 unspecified atom stereocenters. The highest BCUT2D eigenvalue weighted by Gasteiger charge is 2.35. The summed E-state index contributed by atoms with van der Waals surface area (Å²) in [7, 11) is 0. The van der Waals surface area contributed by atoms with Crippen LogP contribution in [0.4, 0.5) is 5.69 Å². The Balaban J connectivity index is 1.50. The van der Waals surface area contributed by atoms with Crippen molar-refractivity contribution in [3.63, 3.8) is 0 Å². The number of aliphatic imine (C=N–C) groups is 1. The Morgan fingerprint density at radius 1 is 1.20 bits per heavy atom. The van der Waals surface area contributed by atoms with E-state index in [9.17, 15) is 14.4 Å². The monoisotopic (exact) mass is 423 g/mol. The van der Waals surface area contributed by atoms with Gasteiger partial charge in [0.15, 0.2) is 0 Å². The predicted octanol–water partition coefficient (Wildman–Crippen LogP) is 3.44. The summed E-state index contributed by atoms with van der Waals surface area (Å²) in [5, 5.41) is 3.43. The number of hydrogen-bond acceptors (Lipinski definition) is 3. The second-order valence-corrected chi connectivity index (χ2v) is 8.42. The van der Waals surface area contributed by atoms with Crippen LogP contribution in [-0.2, 0) is 14.4 Å². The van der Waals surface area contributed by atoms with Gasteiger partial charge in [-0.05, 0) is 47.9 Å². The van der Waals surface area contributed by atoms with Crippen LogP contribution in [0.1, 0.15) is 20.3 Å². The number of anilines is 1. The molecule has 6 nitrogen and oxygen atoms in total. The lowest BCUT2D eigenvalue weighted by Gasteiger charge is -2.29. The standard InChI is InChI=1S/C23H22ClN3O3/c1-13(2)19-11-21(28)26-20-10-16(5-8-18(19)20)25-23(30)14-9-22(29)27(12-14)17-6-3-15(24)4-7-17/h3-8,10-11,13-14,18H,9,12H2,1-2H3,(H,26,28). The first-order chi connectivity index (χ1) is 14.3. The van der Waals surface area contributed by atoms with Crippen molar-refractivity contribution in [1.29, 1.82) is 0 Å². The Morgan fingerprint density at radius 3 is 2.63 bits per heavy atom. The molecule has 0 saturated carbocycles. The summed E-state index contributed by atoms with van der Waals surface area (Å²) in [6, 6.07) is 6.96. The van der Waals surface area contributed by atoms with Crippen LogP contribution in [-0.4, -0.2) is 30.0 Å². The molecule has 0 spiro atoms. The van der Waals surface area contributed by atoms with E-state index in [4.69, 9.17) is 11.6 Å².